The molecule has 3 aromatic rings. The number of pyridine rings is 1. The zero-order chi connectivity index (χ0) is 23.2. The maximum Gasteiger partial charge on any atom is 0.251 e. The van der Waals surface area contributed by atoms with Crippen molar-refractivity contribution in [3.63, 3.8) is 0 Å². The number of nitrogens with one attached hydrogen (secondary N) is 2. The van der Waals surface area contributed by atoms with Crippen LogP contribution >= 0.6 is 23.2 Å². The molecule has 1 unspecified atom stereocenters. The quantitative estimate of drug-likeness (QED) is 0.487. The molecule has 166 valence electrons. The number of carbonyl (C=O) groups is 1. The normalized spacial score (nSPS) is 15.8. The zero-order valence-corrected chi connectivity index (χ0v) is 19.4. The number of benzene rings is 2. The summed E-state index contributed by atoms with van der Waals surface area (Å²) in [5.74, 6) is 0.412. The van der Waals surface area contributed by atoms with Gasteiger partial charge < -0.3 is 10.6 Å². The molecule has 0 aliphatic carbocycles. The molecule has 1 aliphatic heterocycles. The Hall–Kier alpha value is -3.41. The van der Waals surface area contributed by atoms with Gasteiger partial charge in [-0.2, -0.15) is 0 Å². The van der Waals surface area contributed by atoms with Crippen molar-refractivity contribution in [3.8, 4) is 0 Å². The highest BCUT2D eigenvalue weighted by atomic mass is 35.5. The maximum atomic E-state index is 13.2. The van der Waals surface area contributed by atoms with Crippen molar-refractivity contribution in [2.24, 2.45) is 4.99 Å². The van der Waals surface area contributed by atoms with Crippen LogP contribution in [0, 0.1) is 0 Å². The van der Waals surface area contributed by atoms with Crippen LogP contribution in [0.1, 0.15) is 29.7 Å². The molecule has 7 heteroatoms. The first-order chi connectivity index (χ1) is 16.0. The van der Waals surface area contributed by atoms with Gasteiger partial charge in [0.25, 0.3) is 5.91 Å². The number of carbonyl (C=O) groups excluding carboxylic acids is 1. The molecule has 2 N–H and O–H groups in total. The summed E-state index contributed by atoms with van der Waals surface area (Å²) in [4.78, 5) is 22.2. The Bertz CT molecular complexity index is 1220. The van der Waals surface area contributed by atoms with Gasteiger partial charge in [-0.1, -0.05) is 65.7 Å². The molecule has 2 aromatic carbocycles. The van der Waals surface area contributed by atoms with Crippen molar-refractivity contribution in [2.45, 2.75) is 13.0 Å². The lowest BCUT2D eigenvalue weighted by Crippen LogP contribution is -2.36. The lowest BCUT2D eigenvalue weighted by Gasteiger charge is -2.27. The largest absolute Gasteiger partial charge is 0.349 e. The van der Waals surface area contributed by atoms with Crippen molar-refractivity contribution >= 4 is 41.0 Å². The molecule has 1 atom stereocenters. The van der Waals surface area contributed by atoms with E-state index in [-0.39, 0.29) is 5.91 Å². The summed E-state index contributed by atoms with van der Waals surface area (Å²) in [6, 6.07) is 18.3. The first-order valence-corrected chi connectivity index (χ1v) is 11.2. The number of hydrogen-bond donors (Lipinski definition) is 2. The van der Waals surface area contributed by atoms with Crippen LogP contribution in [-0.4, -0.2) is 23.3 Å². The predicted octanol–water partition coefficient (Wildman–Crippen LogP) is 5.58. The standard InChI is InChI=1S/C26H22Cl2N4O/c1-17-23(26(33)30-12-5-9-18-7-3-2-4-8-18)24(20-13-21(27)15-22(28)14-20)32-25(31-17)19-10-6-11-29-16-19/h2-11,13-16,24H,12H2,1H3,(H,30,33)(H,31,32). The van der Waals surface area contributed by atoms with E-state index in [0.29, 0.717) is 33.7 Å². The molecule has 0 bridgehead atoms. The van der Waals surface area contributed by atoms with E-state index in [1.165, 1.54) is 0 Å². The molecule has 0 radical (unpaired) electrons. The summed E-state index contributed by atoms with van der Waals surface area (Å²) in [5, 5.41) is 7.19. The molecular formula is C26H22Cl2N4O. The van der Waals surface area contributed by atoms with Gasteiger partial charge in [0.1, 0.15) is 11.9 Å². The van der Waals surface area contributed by atoms with Crippen molar-refractivity contribution < 1.29 is 4.79 Å². The van der Waals surface area contributed by atoms with Crippen molar-refractivity contribution in [2.75, 3.05) is 6.54 Å². The highest BCUT2D eigenvalue weighted by molar-refractivity contribution is 6.34. The van der Waals surface area contributed by atoms with Crippen LogP contribution in [0.15, 0.2) is 95.4 Å². The molecule has 0 fully saturated rings. The highest BCUT2D eigenvalue weighted by Gasteiger charge is 2.30. The van der Waals surface area contributed by atoms with Gasteiger partial charge in [-0.25, -0.2) is 0 Å². The van der Waals surface area contributed by atoms with Crippen molar-refractivity contribution in [3.05, 3.63) is 117 Å². The summed E-state index contributed by atoms with van der Waals surface area (Å²) in [6.45, 7) is 2.24. The molecule has 33 heavy (non-hydrogen) atoms. The van der Waals surface area contributed by atoms with Gasteiger partial charge in [-0.05, 0) is 48.4 Å². The minimum Gasteiger partial charge on any atom is -0.349 e. The average Bonchev–Trinajstić information content (AvgIpc) is 2.82. The van der Waals surface area contributed by atoms with Crippen LogP contribution in [0.4, 0.5) is 0 Å². The Morgan fingerprint density at radius 1 is 1.09 bits per heavy atom. The Kier molecular flexibility index (Phi) is 7.23. The fourth-order valence-corrected chi connectivity index (χ4v) is 4.14. The molecule has 1 aromatic heterocycles. The average molecular weight is 477 g/mol. The number of aromatic nitrogens is 1. The van der Waals surface area contributed by atoms with Crippen LogP contribution in [0.25, 0.3) is 6.08 Å². The van der Waals surface area contributed by atoms with Gasteiger partial charge in [0.05, 0.1) is 5.57 Å². The number of hydrogen-bond acceptors (Lipinski definition) is 4. The summed E-state index contributed by atoms with van der Waals surface area (Å²) in [6.07, 6.45) is 7.30. The molecular weight excluding hydrogens is 455 g/mol. The Morgan fingerprint density at radius 2 is 1.85 bits per heavy atom. The minimum absolute atomic E-state index is 0.215. The first-order valence-electron chi connectivity index (χ1n) is 10.4. The minimum atomic E-state index is -0.573. The SMILES string of the molecule is CC1=C(C(=O)NCC=Cc2ccccc2)C(c2cc(Cl)cc(Cl)c2)N=C(c2cccnc2)N1. The number of aliphatic imine (C=N–C) groups is 1. The molecule has 5 nitrogen and oxygen atoms in total. The van der Waals surface area contributed by atoms with E-state index in [9.17, 15) is 4.79 Å². The number of amidine groups is 1. The summed E-state index contributed by atoms with van der Waals surface area (Å²) < 4.78 is 0. The van der Waals surface area contributed by atoms with E-state index < -0.39 is 6.04 Å². The molecule has 1 aliphatic rings. The summed E-state index contributed by atoms with van der Waals surface area (Å²) in [7, 11) is 0. The van der Waals surface area contributed by atoms with E-state index >= 15 is 0 Å². The van der Waals surface area contributed by atoms with Crippen LogP contribution in [0.2, 0.25) is 10.0 Å². The number of allylic oxidation sites excluding steroid dienone is 1. The van der Waals surface area contributed by atoms with Gasteiger partial charge in [-0.3, -0.25) is 14.8 Å². The number of halogens is 2. The molecule has 0 spiro atoms. The molecule has 2 heterocycles. The van der Waals surface area contributed by atoms with E-state index in [4.69, 9.17) is 28.2 Å². The second kappa shape index (κ2) is 10.5. The third kappa shape index (κ3) is 5.69. The van der Waals surface area contributed by atoms with E-state index in [0.717, 1.165) is 16.7 Å². The van der Waals surface area contributed by atoms with Crippen LogP contribution in [0.3, 0.4) is 0 Å². The lowest BCUT2D eigenvalue weighted by molar-refractivity contribution is -0.117. The van der Waals surface area contributed by atoms with E-state index in [1.54, 1.807) is 30.6 Å². The second-order valence-electron chi connectivity index (χ2n) is 7.51. The van der Waals surface area contributed by atoms with Gasteiger partial charge in [0.2, 0.25) is 0 Å². The number of rotatable bonds is 6. The fourth-order valence-electron chi connectivity index (χ4n) is 3.60. The van der Waals surface area contributed by atoms with Crippen LogP contribution in [0.5, 0.6) is 0 Å². The third-order valence-corrected chi connectivity index (χ3v) is 5.55. The van der Waals surface area contributed by atoms with Gasteiger partial charge in [0, 0.05) is 40.2 Å². The molecule has 0 saturated carbocycles. The summed E-state index contributed by atoms with van der Waals surface area (Å²) in [5.41, 5.74) is 3.84. The monoisotopic (exact) mass is 476 g/mol. The van der Waals surface area contributed by atoms with Gasteiger partial charge in [0.15, 0.2) is 0 Å². The van der Waals surface area contributed by atoms with E-state index in [2.05, 4.69) is 15.6 Å². The van der Waals surface area contributed by atoms with Crippen molar-refractivity contribution in [1.29, 1.82) is 0 Å². The molecule has 1 amide bonds. The maximum absolute atomic E-state index is 13.2. The van der Waals surface area contributed by atoms with E-state index in [1.807, 2.05) is 61.5 Å². The second-order valence-corrected chi connectivity index (χ2v) is 8.38. The number of amides is 1. The predicted molar refractivity (Wildman–Crippen MR) is 134 cm³/mol. The third-order valence-electron chi connectivity index (χ3n) is 5.11. The zero-order valence-electron chi connectivity index (χ0n) is 17.9. The van der Waals surface area contributed by atoms with Crippen molar-refractivity contribution in [1.82, 2.24) is 15.6 Å². The fraction of sp³-hybridized carbons (Fsp3) is 0.115. The Morgan fingerprint density at radius 3 is 2.55 bits per heavy atom. The molecule has 0 saturated heterocycles. The van der Waals surface area contributed by atoms with Crippen LogP contribution < -0.4 is 10.6 Å². The smallest absolute Gasteiger partial charge is 0.251 e. The van der Waals surface area contributed by atoms with Gasteiger partial charge in [-0.15, -0.1) is 0 Å². The topological polar surface area (TPSA) is 66.4 Å². The molecule has 4 rings (SSSR count). The summed E-state index contributed by atoms with van der Waals surface area (Å²) >= 11 is 12.5. The first kappa shape index (κ1) is 22.8. The Labute approximate surface area is 202 Å². The number of nitrogens with zero attached hydrogens (tertiary/aromatic N) is 2. The Balaban J connectivity index is 1.61. The lowest BCUT2D eigenvalue weighted by atomic mass is 9.94. The van der Waals surface area contributed by atoms with Crippen LogP contribution in [-0.2, 0) is 4.79 Å². The highest BCUT2D eigenvalue weighted by Crippen LogP contribution is 2.34. The van der Waals surface area contributed by atoms with Gasteiger partial charge >= 0.3 is 0 Å².